The van der Waals surface area contributed by atoms with Crippen LogP contribution in [-0.2, 0) is 21.8 Å². The van der Waals surface area contributed by atoms with Gasteiger partial charge in [0.1, 0.15) is 11.4 Å². The molecule has 2 aromatic rings. The third-order valence-electron chi connectivity index (χ3n) is 3.92. The van der Waals surface area contributed by atoms with Gasteiger partial charge in [0, 0.05) is 19.3 Å². The molecule has 1 N–H and O–H groups in total. The number of aromatic nitrogens is 1. The van der Waals surface area contributed by atoms with Crippen LogP contribution in [0.15, 0.2) is 47.6 Å². The molecular weight excluding hydrogens is 364 g/mol. The Hall–Kier alpha value is -2.04. The van der Waals surface area contributed by atoms with Crippen LogP contribution in [0.3, 0.4) is 0 Å². The van der Waals surface area contributed by atoms with Crippen LogP contribution in [0.5, 0.6) is 0 Å². The topological polar surface area (TPSA) is 70.5 Å². The molecule has 0 unspecified atom stereocenters. The summed E-state index contributed by atoms with van der Waals surface area (Å²) >= 11 is 0. The van der Waals surface area contributed by atoms with Crippen molar-refractivity contribution >= 4 is 10.0 Å². The molecule has 0 radical (unpaired) electrons. The summed E-state index contributed by atoms with van der Waals surface area (Å²) in [4.78, 5) is 3.37. The van der Waals surface area contributed by atoms with Gasteiger partial charge in [-0.05, 0) is 29.8 Å². The number of halogens is 4. The number of hydrogen-bond acceptors (Lipinski definition) is 4. The van der Waals surface area contributed by atoms with Gasteiger partial charge in [-0.1, -0.05) is 12.1 Å². The van der Waals surface area contributed by atoms with E-state index in [1.54, 1.807) is 0 Å². The number of aliphatic hydroxyl groups is 1. The summed E-state index contributed by atoms with van der Waals surface area (Å²) in [6.45, 7) is -0.899. The molecular formula is C15H12F4N2O3S. The molecule has 1 aliphatic heterocycles. The molecule has 0 bridgehead atoms. The fourth-order valence-corrected chi connectivity index (χ4v) is 4.25. The van der Waals surface area contributed by atoms with Gasteiger partial charge in [0.05, 0.1) is 5.56 Å². The fourth-order valence-electron chi connectivity index (χ4n) is 2.58. The Morgan fingerprint density at radius 1 is 1.12 bits per heavy atom. The molecule has 0 atom stereocenters. The number of β-amino-alcohol motifs (C(OH)–C–C–N with tert-alkyl or cyclic N) is 1. The fraction of sp³-hybridized carbons (Fsp3) is 0.267. The van der Waals surface area contributed by atoms with Gasteiger partial charge in [-0.3, -0.25) is 0 Å². The van der Waals surface area contributed by atoms with Gasteiger partial charge >= 0.3 is 6.18 Å². The van der Waals surface area contributed by atoms with Crippen LogP contribution in [0.2, 0.25) is 0 Å². The lowest BCUT2D eigenvalue weighted by Gasteiger charge is -2.45. The van der Waals surface area contributed by atoms with Crippen molar-refractivity contribution in [1.29, 1.82) is 0 Å². The summed E-state index contributed by atoms with van der Waals surface area (Å²) < 4.78 is 77.6. The number of sulfonamides is 1. The highest BCUT2D eigenvalue weighted by Gasteiger charge is 2.50. The van der Waals surface area contributed by atoms with Gasteiger partial charge in [0.25, 0.3) is 10.0 Å². The van der Waals surface area contributed by atoms with E-state index in [2.05, 4.69) is 4.98 Å². The second-order valence-corrected chi connectivity index (χ2v) is 7.52. The first-order valence-corrected chi connectivity index (χ1v) is 8.49. The molecule has 0 aliphatic carbocycles. The van der Waals surface area contributed by atoms with Crippen LogP contribution in [0.4, 0.5) is 17.6 Å². The zero-order chi connectivity index (χ0) is 18.5. The van der Waals surface area contributed by atoms with Crippen molar-refractivity contribution < 1.29 is 31.1 Å². The molecule has 2 heterocycles. The van der Waals surface area contributed by atoms with E-state index in [4.69, 9.17) is 0 Å². The van der Waals surface area contributed by atoms with E-state index >= 15 is 0 Å². The highest BCUT2D eigenvalue weighted by molar-refractivity contribution is 7.89. The third-order valence-corrected chi connectivity index (χ3v) is 5.67. The van der Waals surface area contributed by atoms with Crippen molar-refractivity contribution in [2.45, 2.75) is 16.8 Å². The second-order valence-electron chi connectivity index (χ2n) is 5.67. The summed E-state index contributed by atoms with van der Waals surface area (Å²) in [7, 11) is -4.54. The molecule has 1 saturated heterocycles. The van der Waals surface area contributed by atoms with Crippen LogP contribution >= 0.6 is 0 Å². The summed E-state index contributed by atoms with van der Waals surface area (Å²) in [5, 5.41) is 9.30. The lowest BCUT2D eigenvalue weighted by atomic mass is 9.88. The quantitative estimate of drug-likeness (QED) is 0.834. The zero-order valence-corrected chi connectivity index (χ0v) is 13.4. The molecule has 1 aromatic carbocycles. The molecule has 1 fully saturated rings. The first-order valence-electron chi connectivity index (χ1n) is 7.05. The second kappa shape index (κ2) is 5.75. The van der Waals surface area contributed by atoms with E-state index in [9.17, 15) is 31.1 Å². The standard InChI is InChI=1S/C15H12F4N2O3S/c16-11-5-3-10(4-6-11)14(22)8-21(9-14)25(23,24)13-12(15(17,18)19)2-1-7-20-13/h1-7,22H,8-9H2. The molecule has 25 heavy (non-hydrogen) atoms. The third kappa shape index (κ3) is 3.12. The van der Waals surface area contributed by atoms with E-state index in [0.717, 1.165) is 24.4 Å². The Bertz CT molecular complexity index is 892. The summed E-state index contributed by atoms with van der Waals surface area (Å²) in [6.07, 6.45) is -3.93. The van der Waals surface area contributed by atoms with Gasteiger partial charge < -0.3 is 5.11 Å². The van der Waals surface area contributed by atoms with Crippen molar-refractivity contribution in [3.8, 4) is 0 Å². The highest BCUT2D eigenvalue weighted by Crippen LogP contribution is 2.39. The van der Waals surface area contributed by atoms with Crippen LogP contribution in [0.25, 0.3) is 0 Å². The van der Waals surface area contributed by atoms with Crippen LogP contribution < -0.4 is 0 Å². The first kappa shape index (κ1) is 17.8. The van der Waals surface area contributed by atoms with Crippen molar-refractivity contribution in [3.63, 3.8) is 0 Å². The minimum absolute atomic E-state index is 0.275. The Balaban J connectivity index is 1.89. The van der Waals surface area contributed by atoms with Crippen LogP contribution in [0.1, 0.15) is 11.1 Å². The number of rotatable bonds is 3. The predicted octanol–water partition coefficient (Wildman–Crippen LogP) is 2.13. The lowest BCUT2D eigenvalue weighted by molar-refractivity contribution is -0.140. The van der Waals surface area contributed by atoms with Crippen molar-refractivity contribution in [2.24, 2.45) is 0 Å². The van der Waals surface area contributed by atoms with Crippen LogP contribution in [-0.4, -0.2) is 35.9 Å². The molecule has 0 saturated carbocycles. The number of benzene rings is 1. The van der Waals surface area contributed by atoms with E-state index in [0.29, 0.717) is 10.4 Å². The Kier molecular flexibility index (Phi) is 4.09. The molecule has 3 rings (SSSR count). The average molecular weight is 376 g/mol. The van der Waals surface area contributed by atoms with Gasteiger partial charge in [0.15, 0.2) is 5.03 Å². The van der Waals surface area contributed by atoms with Gasteiger partial charge in [-0.25, -0.2) is 17.8 Å². The monoisotopic (exact) mass is 376 g/mol. The lowest BCUT2D eigenvalue weighted by Crippen LogP contribution is -2.61. The summed E-state index contributed by atoms with van der Waals surface area (Å²) in [6, 6.07) is 6.41. The number of pyridine rings is 1. The van der Waals surface area contributed by atoms with Gasteiger partial charge in [-0.2, -0.15) is 17.5 Å². The van der Waals surface area contributed by atoms with Crippen molar-refractivity contribution in [1.82, 2.24) is 9.29 Å². The van der Waals surface area contributed by atoms with E-state index < -0.39 is 51.3 Å². The van der Waals surface area contributed by atoms with Gasteiger partial charge in [-0.15, -0.1) is 0 Å². The smallest absolute Gasteiger partial charge is 0.382 e. The largest absolute Gasteiger partial charge is 0.419 e. The van der Waals surface area contributed by atoms with E-state index in [1.165, 1.54) is 12.1 Å². The summed E-state index contributed by atoms with van der Waals surface area (Å²) in [5.74, 6) is -0.528. The maximum absolute atomic E-state index is 13.0. The molecule has 1 aliphatic rings. The Morgan fingerprint density at radius 2 is 1.72 bits per heavy atom. The van der Waals surface area contributed by atoms with Crippen LogP contribution in [0, 0.1) is 5.82 Å². The number of nitrogens with zero attached hydrogens (tertiary/aromatic N) is 2. The molecule has 0 amide bonds. The average Bonchev–Trinajstić information content (AvgIpc) is 2.51. The molecule has 10 heteroatoms. The minimum Gasteiger partial charge on any atom is -0.382 e. The molecule has 5 nitrogen and oxygen atoms in total. The van der Waals surface area contributed by atoms with E-state index in [1.807, 2.05) is 0 Å². The summed E-state index contributed by atoms with van der Waals surface area (Å²) in [5.41, 5.74) is -2.68. The Labute approximate surface area is 140 Å². The normalized spacial score (nSPS) is 18.0. The predicted molar refractivity (Wildman–Crippen MR) is 78.3 cm³/mol. The molecule has 0 spiro atoms. The first-order chi connectivity index (χ1) is 11.5. The molecule has 134 valence electrons. The van der Waals surface area contributed by atoms with Crippen molar-refractivity contribution in [3.05, 3.63) is 59.5 Å². The SMILES string of the molecule is O=S(=O)(c1ncccc1C(F)(F)F)N1CC(O)(c2ccc(F)cc2)C1. The molecule has 1 aromatic heterocycles. The number of hydrogen-bond donors (Lipinski definition) is 1. The minimum atomic E-state index is -4.88. The highest BCUT2D eigenvalue weighted by atomic mass is 32.2. The maximum Gasteiger partial charge on any atom is 0.419 e. The van der Waals surface area contributed by atoms with E-state index in [-0.39, 0.29) is 5.56 Å². The van der Waals surface area contributed by atoms with Gasteiger partial charge in [0.2, 0.25) is 0 Å². The zero-order valence-electron chi connectivity index (χ0n) is 12.5. The maximum atomic E-state index is 13.0. The number of alkyl halides is 3. The van der Waals surface area contributed by atoms with Crippen molar-refractivity contribution in [2.75, 3.05) is 13.1 Å². The Morgan fingerprint density at radius 3 is 2.28 bits per heavy atom.